The van der Waals surface area contributed by atoms with Gasteiger partial charge in [-0.1, -0.05) is 18.2 Å². The molecule has 1 aromatic heterocycles. The Morgan fingerprint density at radius 1 is 1.25 bits per heavy atom. The van der Waals surface area contributed by atoms with Crippen LogP contribution in [0.25, 0.3) is 0 Å². The zero-order valence-electron chi connectivity index (χ0n) is 13.6. The minimum Gasteiger partial charge on any atom is -0.345 e. The van der Waals surface area contributed by atoms with E-state index in [1.165, 1.54) is 11.5 Å². The van der Waals surface area contributed by atoms with Crippen LogP contribution in [0.3, 0.4) is 0 Å². The van der Waals surface area contributed by atoms with Gasteiger partial charge in [-0.15, -0.1) is 0 Å². The molecule has 0 radical (unpaired) electrons. The summed E-state index contributed by atoms with van der Waals surface area (Å²) in [6.45, 7) is 3.75. The fourth-order valence-electron chi connectivity index (χ4n) is 3.52. The zero-order valence-corrected chi connectivity index (χ0v) is 15.2. The predicted molar refractivity (Wildman–Crippen MR) is 96.3 cm³/mol. The maximum Gasteiger partial charge on any atom is 0.239 e. The van der Waals surface area contributed by atoms with E-state index in [2.05, 4.69) is 14.3 Å². The lowest BCUT2D eigenvalue weighted by atomic mass is 10.1. The summed E-state index contributed by atoms with van der Waals surface area (Å²) in [6, 6.07) is 7.80. The van der Waals surface area contributed by atoms with Crippen LogP contribution in [0.1, 0.15) is 24.2 Å². The molecule has 1 atom stereocenters. The van der Waals surface area contributed by atoms with Crippen LogP contribution in [-0.4, -0.2) is 42.7 Å². The molecule has 1 fully saturated rings. The summed E-state index contributed by atoms with van der Waals surface area (Å²) in [4.78, 5) is 6.48. The number of hydrogen-bond donors (Lipinski definition) is 0. The molecule has 1 saturated heterocycles. The number of piperidine rings is 1. The van der Waals surface area contributed by atoms with Gasteiger partial charge in [0.1, 0.15) is 5.82 Å². The van der Waals surface area contributed by atoms with Crippen molar-refractivity contribution >= 4 is 32.4 Å². The van der Waals surface area contributed by atoms with Crippen LogP contribution in [0.5, 0.6) is 0 Å². The summed E-state index contributed by atoms with van der Waals surface area (Å²) in [5.41, 5.74) is 1.97. The molecule has 24 heavy (non-hydrogen) atoms. The molecule has 0 aliphatic carbocycles. The van der Waals surface area contributed by atoms with Crippen LogP contribution in [0, 0.1) is 6.92 Å². The van der Waals surface area contributed by atoms with Gasteiger partial charge in [0.05, 0.1) is 10.9 Å². The lowest BCUT2D eigenvalue weighted by Crippen LogP contribution is -2.47. The molecule has 0 amide bonds. The van der Waals surface area contributed by atoms with Crippen molar-refractivity contribution in [2.24, 2.45) is 0 Å². The number of aromatic nitrogens is 2. The van der Waals surface area contributed by atoms with Crippen LogP contribution >= 0.6 is 11.5 Å². The van der Waals surface area contributed by atoms with Crippen LogP contribution in [0.15, 0.2) is 24.3 Å². The van der Waals surface area contributed by atoms with Crippen molar-refractivity contribution < 1.29 is 8.42 Å². The summed E-state index contributed by atoms with van der Waals surface area (Å²) in [5, 5.41) is 0.441. The van der Waals surface area contributed by atoms with E-state index >= 15 is 0 Å². The third-order valence-corrected chi connectivity index (χ3v) is 7.83. The van der Waals surface area contributed by atoms with Crippen LogP contribution in [0.4, 0.5) is 10.8 Å². The van der Waals surface area contributed by atoms with Gasteiger partial charge in [-0.2, -0.15) is 4.37 Å². The molecular formula is C16H20N4O2S2. The van der Waals surface area contributed by atoms with Crippen molar-refractivity contribution in [2.45, 2.75) is 31.4 Å². The predicted octanol–water partition coefficient (Wildman–Crippen LogP) is 2.21. The number of para-hydroxylation sites is 1. The van der Waals surface area contributed by atoms with Gasteiger partial charge >= 0.3 is 0 Å². The van der Waals surface area contributed by atoms with E-state index in [0.717, 1.165) is 41.6 Å². The third-order valence-electron chi connectivity index (χ3n) is 4.74. The van der Waals surface area contributed by atoms with Crippen LogP contribution in [0.2, 0.25) is 0 Å². The number of anilines is 2. The number of nitrogens with zero attached hydrogens (tertiary/aromatic N) is 4. The molecule has 2 aliphatic heterocycles. The number of sulfonamides is 1. The smallest absolute Gasteiger partial charge is 0.239 e. The quantitative estimate of drug-likeness (QED) is 0.835. The van der Waals surface area contributed by atoms with E-state index < -0.39 is 10.0 Å². The van der Waals surface area contributed by atoms with E-state index in [1.807, 2.05) is 31.2 Å². The molecule has 0 saturated carbocycles. The van der Waals surface area contributed by atoms with Crippen LogP contribution < -0.4 is 9.21 Å². The first-order valence-electron chi connectivity index (χ1n) is 8.20. The summed E-state index contributed by atoms with van der Waals surface area (Å²) in [7, 11) is -3.36. The second-order valence-electron chi connectivity index (χ2n) is 6.33. The first-order chi connectivity index (χ1) is 11.6. The summed E-state index contributed by atoms with van der Waals surface area (Å²) in [5.74, 6) is 0.744. The van der Waals surface area contributed by atoms with Crippen molar-refractivity contribution in [3.63, 3.8) is 0 Å². The number of aryl methyl sites for hydroxylation is 1. The minimum absolute atomic E-state index is 0.387. The van der Waals surface area contributed by atoms with Crippen molar-refractivity contribution in [2.75, 3.05) is 28.8 Å². The molecule has 3 heterocycles. The Labute approximate surface area is 146 Å². The van der Waals surface area contributed by atoms with Crippen molar-refractivity contribution in [1.82, 2.24) is 9.36 Å². The van der Waals surface area contributed by atoms with E-state index in [0.29, 0.717) is 19.5 Å². The average molecular weight is 364 g/mol. The molecule has 8 heteroatoms. The van der Waals surface area contributed by atoms with E-state index in [9.17, 15) is 8.42 Å². The normalized spacial score (nSPS) is 21.1. The molecule has 0 bridgehead atoms. The molecule has 2 aromatic rings. The van der Waals surface area contributed by atoms with E-state index in [1.54, 1.807) is 4.31 Å². The molecule has 4 rings (SSSR count). The molecule has 128 valence electrons. The van der Waals surface area contributed by atoms with E-state index in [-0.39, 0.29) is 5.25 Å². The van der Waals surface area contributed by atoms with Gasteiger partial charge in [-0.25, -0.2) is 13.4 Å². The Hall–Kier alpha value is -1.67. The molecule has 6 nitrogen and oxygen atoms in total. The Morgan fingerprint density at radius 3 is 2.88 bits per heavy atom. The number of benzene rings is 1. The van der Waals surface area contributed by atoms with Crippen molar-refractivity contribution in [3.05, 3.63) is 35.7 Å². The largest absolute Gasteiger partial charge is 0.345 e. The lowest BCUT2D eigenvalue weighted by Gasteiger charge is -2.34. The second kappa shape index (κ2) is 6.00. The molecule has 1 aromatic carbocycles. The highest BCUT2D eigenvalue weighted by molar-refractivity contribution is 7.93. The van der Waals surface area contributed by atoms with Gasteiger partial charge < -0.3 is 4.90 Å². The first-order valence-corrected chi connectivity index (χ1v) is 10.5. The van der Waals surface area contributed by atoms with Gasteiger partial charge in [0, 0.05) is 31.2 Å². The second-order valence-corrected chi connectivity index (χ2v) is 9.20. The molecule has 0 spiro atoms. The summed E-state index contributed by atoms with van der Waals surface area (Å²) in [6.07, 6.45) is 2.36. The highest BCUT2D eigenvalue weighted by Crippen LogP contribution is 2.34. The maximum absolute atomic E-state index is 13.2. The molecular weight excluding hydrogens is 344 g/mol. The highest BCUT2D eigenvalue weighted by Gasteiger charge is 2.38. The van der Waals surface area contributed by atoms with Gasteiger partial charge in [0.2, 0.25) is 15.2 Å². The fourth-order valence-corrected chi connectivity index (χ4v) is 6.22. The SMILES string of the molecule is Cc1nsc(N2CCCC(S(=O)(=O)N3CCc4ccccc43)C2)n1. The maximum atomic E-state index is 13.2. The Morgan fingerprint density at radius 2 is 2.08 bits per heavy atom. The van der Waals surface area contributed by atoms with Gasteiger partial charge in [-0.3, -0.25) is 4.31 Å². The van der Waals surface area contributed by atoms with Gasteiger partial charge in [0.15, 0.2) is 0 Å². The Balaban J connectivity index is 1.58. The Kier molecular flexibility index (Phi) is 3.96. The van der Waals surface area contributed by atoms with Gasteiger partial charge in [0.25, 0.3) is 0 Å². The standard InChI is InChI=1S/C16H20N4O2S2/c1-12-17-16(23-18-12)19-9-4-6-14(11-19)24(21,22)20-10-8-13-5-2-3-7-15(13)20/h2-3,5,7,14H,4,6,8-11H2,1H3. The zero-order chi connectivity index (χ0) is 16.7. The molecule has 0 N–H and O–H groups in total. The summed E-state index contributed by atoms with van der Waals surface area (Å²) >= 11 is 1.35. The lowest BCUT2D eigenvalue weighted by molar-refractivity contribution is 0.529. The monoisotopic (exact) mass is 364 g/mol. The first kappa shape index (κ1) is 15.8. The highest BCUT2D eigenvalue weighted by atomic mass is 32.2. The fraction of sp³-hybridized carbons (Fsp3) is 0.500. The number of fused-ring (bicyclic) bond motifs is 1. The van der Waals surface area contributed by atoms with E-state index in [4.69, 9.17) is 0 Å². The average Bonchev–Trinajstić information content (AvgIpc) is 3.21. The van der Waals surface area contributed by atoms with Gasteiger partial charge in [-0.05, 0) is 37.8 Å². The van der Waals surface area contributed by atoms with Crippen LogP contribution in [-0.2, 0) is 16.4 Å². The number of rotatable bonds is 3. The molecule has 2 aliphatic rings. The molecule has 1 unspecified atom stereocenters. The van der Waals surface area contributed by atoms with Crippen molar-refractivity contribution in [3.8, 4) is 0 Å². The van der Waals surface area contributed by atoms with Crippen molar-refractivity contribution in [1.29, 1.82) is 0 Å². The summed E-state index contributed by atoms with van der Waals surface area (Å²) < 4.78 is 32.2. The Bertz CT molecular complexity index is 849. The minimum atomic E-state index is -3.36. The topological polar surface area (TPSA) is 66.4 Å². The third kappa shape index (κ3) is 2.67. The number of hydrogen-bond acceptors (Lipinski definition) is 6.